The Morgan fingerprint density at radius 1 is 0.344 bits per heavy atom. The molecule has 0 saturated heterocycles. The molecule has 286 valence electrons. The van der Waals surface area contributed by atoms with Crippen molar-refractivity contribution < 1.29 is 4.42 Å². The molecule has 0 aliphatic heterocycles. The molecule has 0 N–H and O–H groups in total. The highest BCUT2D eigenvalue weighted by molar-refractivity contribution is 6.14. The lowest BCUT2D eigenvalue weighted by atomic mass is 9.97. The summed E-state index contributed by atoms with van der Waals surface area (Å²) in [6.07, 6.45) is 0. The van der Waals surface area contributed by atoms with E-state index in [2.05, 4.69) is 234 Å². The van der Waals surface area contributed by atoms with E-state index >= 15 is 0 Å². The molecule has 61 heavy (non-hydrogen) atoms. The molecule has 2 heterocycles. The van der Waals surface area contributed by atoms with Gasteiger partial charge in [0.25, 0.3) is 0 Å². The van der Waals surface area contributed by atoms with Crippen LogP contribution in [0.1, 0.15) is 0 Å². The van der Waals surface area contributed by atoms with Gasteiger partial charge in [0.2, 0.25) is 0 Å². The summed E-state index contributed by atoms with van der Waals surface area (Å²) in [5.41, 5.74) is 15.5. The third-order valence-corrected chi connectivity index (χ3v) is 12.2. The Labute approximate surface area is 353 Å². The fourth-order valence-electron chi connectivity index (χ4n) is 9.36. The monoisotopic (exact) mass is 778 g/mol. The van der Waals surface area contributed by atoms with E-state index in [1.54, 1.807) is 0 Å². The van der Waals surface area contributed by atoms with E-state index in [0.29, 0.717) is 0 Å². The zero-order valence-corrected chi connectivity index (χ0v) is 33.2. The van der Waals surface area contributed by atoms with Crippen molar-refractivity contribution in [2.24, 2.45) is 0 Å². The third-order valence-electron chi connectivity index (χ3n) is 12.2. The second-order valence-corrected chi connectivity index (χ2v) is 15.7. The van der Waals surface area contributed by atoms with Crippen LogP contribution in [0.15, 0.2) is 235 Å². The van der Waals surface area contributed by atoms with Crippen LogP contribution in [0.2, 0.25) is 0 Å². The second kappa shape index (κ2) is 14.3. The van der Waals surface area contributed by atoms with Crippen LogP contribution < -0.4 is 4.90 Å². The van der Waals surface area contributed by atoms with Gasteiger partial charge in [-0.25, -0.2) is 0 Å². The first-order valence-corrected chi connectivity index (χ1v) is 20.8. The van der Waals surface area contributed by atoms with Crippen LogP contribution in [0, 0.1) is 0 Å². The molecule has 0 aliphatic rings. The van der Waals surface area contributed by atoms with Gasteiger partial charge in [0.1, 0.15) is 11.2 Å². The molecule has 0 fully saturated rings. The first kappa shape index (κ1) is 34.9. The smallest absolute Gasteiger partial charge is 0.137 e. The van der Waals surface area contributed by atoms with E-state index in [1.807, 2.05) is 6.07 Å². The maximum absolute atomic E-state index is 6.43. The minimum absolute atomic E-state index is 0.864. The number of hydrogen-bond acceptors (Lipinski definition) is 2. The summed E-state index contributed by atoms with van der Waals surface area (Å²) in [4.78, 5) is 2.40. The van der Waals surface area contributed by atoms with Crippen LogP contribution in [0.3, 0.4) is 0 Å². The molecule has 2 aromatic heterocycles. The normalized spacial score (nSPS) is 11.6. The second-order valence-electron chi connectivity index (χ2n) is 15.7. The number of furan rings is 1. The molecule has 3 nitrogen and oxygen atoms in total. The van der Waals surface area contributed by atoms with Gasteiger partial charge in [-0.1, -0.05) is 170 Å². The van der Waals surface area contributed by atoms with Crippen LogP contribution >= 0.6 is 0 Å². The maximum atomic E-state index is 6.43. The van der Waals surface area contributed by atoms with Gasteiger partial charge in [0.05, 0.1) is 33.5 Å². The maximum Gasteiger partial charge on any atom is 0.137 e. The van der Waals surface area contributed by atoms with Crippen LogP contribution in [-0.4, -0.2) is 4.57 Å². The van der Waals surface area contributed by atoms with Crippen molar-refractivity contribution in [2.75, 3.05) is 4.90 Å². The van der Waals surface area contributed by atoms with E-state index in [1.165, 1.54) is 55.0 Å². The Balaban J connectivity index is 0.956. The van der Waals surface area contributed by atoms with Crippen molar-refractivity contribution in [3.8, 4) is 39.1 Å². The Morgan fingerprint density at radius 3 is 1.66 bits per heavy atom. The Kier molecular flexibility index (Phi) is 8.17. The Bertz CT molecular complexity index is 3540. The molecule has 0 aliphatic carbocycles. The Morgan fingerprint density at radius 2 is 0.885 bits per heavy atom. The van der Waals surface area contributed by atoms with Gasteiger partial charge in [-0.05, 0) is 93.7 Å². The van der Waals surface area contributed by atoms with E-state index in [0.717, 1.165) is 55.7 Å². The summed E-state index contributed by atoms with van der Waals surface area (Å²) in [7, 11) is 0. The molecule has 0 spiro atoms. The van der Waals surface area contributed by atoms with Gasteiger partial charge >= 0.3 is 0 Å². The number of benzene rings is 10. The summed E-state index contributed by atoms with van der Waals surface area (Å²) in [5, 5.41) is 7.15. The lowest BCUT2D eigenvalue weighted by Gasteiger charge is -2.28. The fraction of sp³-hybridized carbons (Fsp3) is 0. The lowest BCUT2D eigenvalue weighted by Crippen LogP contribution is -2.11. The SMILES string of the molecule is c1ccc(N(c2ccc(-c3ccc(-c4ccccc4-n4c5ccccc5c5ccccc54)cc3)cc2)c2cccc3oc4ccccc4c23)c(-c2ccc3ccccc3c2)c1. The standard InChI is InChI=1S/C58H38N2O/c1-2-15-43-38-44(33-30-39(43)14-1)47-17-4-8-21-51(47)59(55-25-13-27-57-58(55)50-20-7-12-26-56(50)61-57)45-36-34-41(35-37-45)40-28-31-42(32-29-40)46-16-3-9-22-52(46)60-53-23-10-5-18-48(53)49-19-6-11-24-54(49)60/h1-38H. The largest absolute Gasteiger partial charge is 0.456 e. The summed E-state index contributed by atoms with van der Waals surface area (Å²) < 4.78 is 8.84. The average Bonchev–Trinajstić information content (AvgIpc) is 3.88. The van der Waals surface area contributed by atoms with Crippen molar-refractivity contribution >= 4 is 71.6 Å². The molecule has 0 unspecified atom stereocenters. The fourth-order valence-corrected chi connectivity index (χ4v) is 9.36. The van der Waals surface area contributed by atoms with Crippen molar-refractivity contribution in [1.29, 1.82) is 0 Å². The summed E-state index contributed by atoms with van der Waals surface area (Å²) in [6.45, 7) is 0. The first-order valence-electron chi connectivity index (χ1n) is 20.8. The van der Waals surface area contributed by atoms with Gasteiger partial charge in [0.15, 0.2) is 0 Å². The number of rotatable bonds is 7. The van der Waals surface area contributed by atoms with Crippen LogP contribution in [-0.2, 0) is 0 Å². The Hall–Kier alpha value is -8.14. The van der Waals surface area contributed by atoms with Gasteiger partial charge in [-0.2, -0.15) is 0 Å². The molecule has 0 bridgehead atoms. The third kappa shape index (κ3) is 5.82. The van der Waals surface area contributed by atoms with Gasteiger partial charge in [-0.15, -0.1) is 0 Å². The number of fused-ring (bicyclic) bond motifs is 7. The highest BCUT2D eigenvalue weighted by atomic mass is 16.3. The molecule has 0 radical (unpaired) electrons. The molecular formula is C58H38N2O. The van der Waals surface area contributed by atoms with Crippen molar-refractivity contribution in [3.63, 3.8) is 0 Å². The molecule has 10 aromatic carbocycles. The summed E-state index contributed by atoms with van der Waals surface area (Å²) in [5.74, 6) is 0. The molecule has 12 rings (SSSR count). The zero-order valence-electron chi connectivity index (χ0n) is 33.2. The number of aromatic nitrogens is 1. The van der Waals surface area contributed by atoms with Crippen molar-refractivity contribution in [1.82, 2.24) is 4.57 Å². The zero-order chi connectivity index (χ0) is 40.3. The number of para-hydroxylation sites is 5. The van der Waals surface area contributed by atoms with Crippen molar-refractivity contribution in [3.05, 3.63) is 231 Å². The molecule has 0 atom stereocenters. The molecule has 12 aromatic rings. The van der Waals surface area contributed by atoms with Crippen LogP contribution in [0.4, 0.5) is 17.1 Å². The van der Waals surface area contributed by atoms with E-state index in [9.17, 15) is 0 Å². The first-order chi connectivity index (χ1) is 30.3. The van der Waals surface area contributed by atoms with E-state index < -0.39 is 0 Å². The van der Waals surface area contributed by atoms with Gasteiger partial charge in [-0.3, -0.25) is 0 Å². The topological polar surface area (TPSA) is 21.3 Å². The van der Waals surface area contributed by atoms with E-state index in [-0.39, 0.29) is 0 Å². The summed E-state index contributed by atoms with van der Waals surface area (Å²) >= 11 is 0. The predicted octanol–water partition coefficient (Wildman–Crippen LogP) is 16.3. The van der Waals surface area contributed by atoms with Crippen LogP contribution in [0.25, 0.3) is 93.6 Å². The molecule has 0 saturated carbocycles. The minimum Gasteiger partial charge on any atom is -0.456 e. The highest BCUT2D eigenvalue weighted by Crippen LogP contribution is 2.46. The van der Waals surface area contributed by atoms with Crippen LogP contribution in [0.5, 0.6) is 0 Å². The average molecular weight is 779 g/mol. The molecular weight excluding hydrogens is 741 g/mol. The lowest BCUT2D eigenvalue weighted by molar-refractivity contribution is 0.669. The van der Waals surface area contributed by atoms with Gasteiger partial charge in [0, 0.05) is 33.0 Å². The minimum atomic E-state index is 0.864. The number of nitrogens with zero attached hydrogens (tertiary/aromatic N) is 2. The summed E-state index contributed by atoms with van der Waals surface area (Å²) in [6, 6.07) is 82.9. The predicted molar refractivity (Wildman–Crippen MR) is 257 cm³/mol. The van der Waals surface area contributed by atoms with Crippen molar-refractivity contribution in [2.45, 2.75) is 0 Å². The number of hydrogen-bond donors (Lipinski definition) is 0. The molecule has 0 amide bonds. The van der Waals surface area contributed by atoms with Gasteiger partial charge < -0.3 is 13.9 Å². The highest BCUT2D eigenvalue weighted by Gasteiger charge is 2.22. The quantitative estimate of drug-likeness (QED) is 0.161. The molecule has 3 heteroatoms. The van der Waals surface area contributed by atoms with E-state index in [4.69, 9.17) is 4.42 Å². The number of anilines is 3.